The fourth-order valence-electron chi connectivity index (χ4n) is 4.23. The molecule has 3 rings (SSSR count). The van der Waals surface area contributed by atoms with E-state index in [2.05, 4.69) is 0 Å². The molecule has 0 unspecified atom stereocenters. The molecule has 38 heavy (non-hydrogen) atoms. The van der Waals surface area contributed by atoms with Gasteiger partial charge in [0.2, 0.25) is 5.75 Å². The Hall–Kier alpha value is -4.38. The first kappa shape index (κ1) is 28.2. The molecule has 0 aliphatic heterocycles. The second kappa shape index (κ2) is 12.2. The lowest BCUT2D eigenvalue weighted by atomic mass is 9.87. The van der Waals surface area contributed by atoms with Crippen LogP contribution in [0, 0.1) is 0 Å². The van der Waals surface area contributed by atoms with E-state index in [1.807, 2.05) is 0 Å². The fraction of sp³-hybridized carbons (Fsp3) is 0.333. The maximum absolute atomic E-state index is 13.4. The number of hydrogen-bond donors (Lipinski definition) is 0. The van der Waals surface area contributed by atoms with Gasteiger partial charge in [-0.15, -0.1) is 0 Å². The van der Waals surface area contributed by atoms with Gasteiger partial charge in [-0.1, -0.05) is 6.07 Å². The Balaban J connectivity index is 2.75. The van der Waals surface area contributed by atoms with Crippen molar-refractivity contribution in [3.8, 4) is 45.6 Å². The second-order valence-electron chi connectivity index (χ2n) is 7.63. The normalized spacial score (nSPS) is 10.5. The summed E-state index contributed by atoms with van der Waals surface area (Å²) in [6.45, 7) is -0.244. The average molecular weight is 531 g/mol. The van der Waals surface area contributed by atoms with Gasteiger partial charge in [-0.25, -0.2) is 9.59 Å². The Morgan fingerprint density at radius 3 is 1.76 bits per heavy atom. The molecule has 3 aromatic carbocycles. The van der Waals surface area contributed by atoms with Gasteiger partial charge >= 0.3 is 11.9 Å². The largest absolute Gasteiger partial charge is 0.493 e. The van der Waals surface area contributed by atoms with E-state index < -0.39 is 11.9 Å². The maximum atomic E-state index is 13.4. The molecule has 0 bridgehead atoms. The zero-order chi connectivity index (χ0) is 28.0. The van der Waals surface area contributed by atoms with Crippen molar-refractivity contribution < 1.29 is 52.2 Å². The number of hydrogen-bond acceptors (Lipinski definition) is 11. The van der Waals surface area contributed by atoms with Gasteiger partial charge in [0, 0.05) is 23.4 Å². The molecule has 11 nitrogen and oxygen atoms in total. The van der Waals surface area contributed by atoms with E-state index >= 15 is 0 Å². The first-order valence-corrected chi connectivity index (χ1v) is 11.2. The van der Waals surface area contributed by atoms with E-state index in [1.54, 1.807) is 24.3 Å². The van der Waals surface area contributed by atoms with Crippen molar-refractivity contribution in [2.24, 2.45) is 0 Å². The summed E-state index contributed by atoms with van der Waals surface area (Å²) in [5.74, 6) is -0.0620. The molecule has 0 atom stereocenters. The van der Waals surface area contributed by atoms with Gasteiger partial charge < -0.3 is 42.6 Å². The van der Waals surface area contributed by atoms with Crippen LogP contribution in [-0.4, -0.2) is 75.6 Å². The third-order valence-corrected chi connectivity index (χ3v) is 5.82. The van der Waals surface area contributed by atoms with Crippen LogP contribution in [0.2, 0.25) is 0 Å². The monoisotopic (exact) mass is 530 g/mol. The van der Waals surface area contributed by atoms with E-state index in [0.717, 1.165) is 0 Å². The second-order valence-corrected chi connectivity index (χ2v) is 7.63. The highest BCUT2D eigenvalue weighted by Gasteiger charge is 2.34. The number of rotatable bonds is 11. The smallest absolute Gasteiger partial charge is 0.342 e. The zero-order valence-corrected chi connectivity index (χ0v) is 22.5. The lowest BCUT2D eigenvalue weighted by molar-refractivity contribution is 0.0459. The third-order valence-electron chi connectivity index (χ3n) is 5.82. The van der Waals surface area contributed by atoms with Gasteiger partial charge in [-0.3, -0.25) is 0 Å². The summed E-state index contributed by atoms with van der Waals surface area (Å²) in [6.07, 6.45) is 0. The van der Waals surface area contributed by atoms with Crippen LogP contribution in [0.3, 0.4) is 0 Å². The van der Waals surface area contributed by atoms with Crippen molar-refractivity contribution in [3.63, 3.8) is 0 Å². The predicted molar refractivity (Wildman–Crippen MR) is 137 cm³/mol. The Kier molecular flexibility index (Phi) is 9.08. The van der Waals surface area contributed by atoms with Crippen molar-refractivity contribution in [2.45, 2.75) is 0 Å². The standard InChI is InChI=1S/C27H30O11/c1-30-13-38-23-15-12-18(33-4)24(34-5)25(35-6)20(15)19(14-9-10-16(31-2)17(11-14)32-3)21(26(28)36-7)22(23)27(29)37-8/h9-12H,13H2,1-8H3. The van der Waals surface area contributed by atoms with E-state index in [0.29, 0.717) is 33.6 Å². The molecule has 0 aliphatic rings. The van der Waals surface area contributed by atoms with Gasteiger partial charge in [0.25, 0.3) is 0 Å². The van der Waals surface area contributed by atoms with Gasteiger partial charge in [-0.05, 0) is 23.8 Å². The minimum Gasteiger partial charge on any atom is -0.493 e. The summed E-state index contributed by atoms with van der Waals surface area (Å²) in [5.41, 5.74) is 0.441. The van der Waals surface area contributed by atoms with Gasteiger partial charge in [-0.2, -0.15) is 0 Å². The summed E-state index contributed by atoms with van der Waals surface area (Å²) < 4.78 is 49.0. The van der Waals surface area contributed by atoms with Crippen LogP contribution in [0.25, 0.3) is 21.9 Å². The Morgan fingerprint density at radius 1 is 0.632 bits per heavy atom. The maximum Gasteiger partial charge on any atom is 0.342 e. The van der Waals surface area contributed by atoms with Crippen LogP contribution in [-0.2, 0) is 14.2 Å². The number of carbonyl (C=O) groups excluding carboxylic acids is 2. The number of esters is 2. The SMILES string of the molecule is COCOc1c(C(=O)OC)c(C(=O)OC)c(-c2ccc(OC)c(OC)c2)c2c(OC)c(OC)c(OC)cc12. The van der Waals surface area contributed by atoms with Crippen LogP contribution in [0.5, 0.6) is 34.5 Å². The molecule has 0 spiro atoms. The van der Waals surface area contributed by atoms with Gasteiger partial charge in [0.15, 0.2) is 29.8 Å². The Labute approximate surface area is 220 Å². The molecule has 0 saturated heterocycles. The minimum absolute atomic E-state index is 0.00224. The highest BCUT2D eigenvalue weighted by atomic mass is 16.7. The van der Waals surface area contributed by atoms with E-state index in [4.69, 9.17) is 42.6 Å². The molecular weight excluding hydrogens is 500 g/mol. The molecule has 0 aromatic heterocycles. The minimum atomic E-state index is -0.839. The Morgan fingerprint density at radius 2 is 1.24 bits per heavy atom. The van der Waals surface area contributed by atoms with Crippen LogP contribution in [0.4, 0.5) is 0 Å². The predicted octanol–water partition coefficient (Wildman–Crippen LogP) is 4.11. The number of fused-ring (bicyclic) bond motifs is 1. The number of ether oxygens (including phenoxy) is 9. The Bertz CT molecular complexity index is 1350. The van der Waals surface area contributed by atoms with Crippen LogP contribution in [0.15, 0.2) is 24.3 Å². The molecule has 0 aliphatic carbocycles. The van der Waals surface area contributed by atoms with E-state index in [-0.39, 0.29) is 40.7 Å². The molecule has 0 fully saturated rings. The highest BCUT2D eigenvalue weighted by Crippen LogP contribution is 2.53. The summed E-state index contributed by atoms with van der Waals surface area (Å²) in [7, 11) is 11.2. The van der Waals surface area contributed by atoms with E-state index in [1.165, 1.54) is 56.9 Å². The molecule has 3 aromatic rings. The molecule has 0 heterocycles. The lowest BCUT2D eigenvalue weighted by Crippen LogP contribution is -2.17. The van der Waals surface area contributed by atoms with Gasteiger partial charge in [0.05, 0.1) is 55.3 Å². The lowest BCUT2D eigenvalue weighted by Gasteiger charge is -2.24. The first-order chi connectivity index (χ1) is 18.4. The molecule has 0 amide bonds. The molecule has 0 N–H and O–H groups in total. The van der Waals surface area contributed by atoms with Crippen molar-refractivity contribution in [1.82, 2.24) is 0 Å². The van der Waals surface area contributed by atoms with Crippen LogP contribution in [0.1, 0.15) is 20.7 Å². The summed E-state index contributed by atoms with van der Waals surface area (Å²) in [5, 5.41) is 0.728. The van der Waals surface area contributed by atoms with E-state index in [9.17, 15) is 9.59 Å². The molecule has 0 radical (unpaired) electrons. The summed E-state index contributed by atoms with van der Waals surface area (Å²) in [4.78, 5) is 26.6. The van der Waals surface area contributed by atoms with Crippen molar-refractivity contribution in [1.29, 1.82) is 0 Å². The highest BCUT2D eigenvalue weighted by molar-refractivity contribution is 6.20. The average Bonchev–Trinajstić information content (AvgIpc) is 2.96. The van der Waals surface area contributed by atoms with Gasteiger partial charge in [0.1, 0.15) is 11.3 Å². The zero-order valence-electron chi connectivity index (χ0n) is 22.5. The van der Waals surface area contributed by atoms with Crippen molar-refractivity contribution >= 4 is 22.7 Å². The fourth-order valence-corrected chi connectivity index (χ4v) is 4.23. The van der Waals surface area contributed by atoms with Crippen molar-refractivity contribution in [2.75, 3.05) is 63.7 Å². The number of methoxy groups -OCH3 is 8. The summed E-state index contributed by atoms with van der Waals surface area (Å²) in [6, 6.07) is 6.64. The van der Waals surface area contributed by atoms with Crippen LogP contribution < -0.4 is 28.4 Å². The topological polar surface area (TPSA) is 117 Å². The first-order valence-electron chi connectivity index (χ1n) is 11.2. The molecular formula is C27H30O11. The summed E-state index contributed by atoms with van der Waals surface area (Å²) >= 11 is 0. The molecule has 204 valence electrons. The van der Waals surface area contributed by atoms with Crippen LogP contribution >= 0.6 is 0 Å². The quantitative estimate of drug-likeness (QED) is 0.263. The molecule has 0 saturated carbocycles. The number of carbonyl (C=O) groups is 2. The third kappa shape index (κ3) is 4.80. The molecule has 11 heteroatoms. The van der Waals surface area contributed by atoms with Crippen molar-refractivity contribution in [3.05, 3.63) is 35.4 Å². The number of benzene rings is 3.